The van der Waals surface area contributed by atoms with Gasteiger partial charge < -0.3 is 10.6 Å². The molecule has 0 spiro atoms. The number of nitrogens with two attached hydrogens (primary N) is 1. The summed E-state index contributed by atoms with van der Waals surface area (Å²) < 4.78 is 0. The normalized spacial score (nSPS) is 18.1. The lowest BCUT2D eigenvalue weighted by atomic mass is 9.98. The summed E-state index contributed by atoms with van der Waals surface area (Å²) >= 11 is 0. The molecule has 0 amide bonds. The highest BCUT2D eigenvalue weighted by molar-refractivity contribution is 5.55. The molecule has 1 aliphatic heterocycles. The Morgan fingerprint density at radius 3 is 2.44 bits per heavy atom. The number of para-hydroxylation sites is 1. The number of rotatable bonds is 2. The number of anilines is 1. The van der Waals surface area contributed by atoms with Gasteiger partial charge in [-0.3, -0.25) is 0 Å². The first-order valence-electron chi connectivity index (χ1n) is 6.28. The Morgan fingerprint density at radius 1 is 1.19 bits per heavy atom. The SMILES string of the molecule is CC(C)c1ccccc1N1CCC(N)CC1. The van der Waals surface area contributed by atoms with Crippen molar-refractivity contribution >= 4 is 5.69 Å². The van der Waals surface area contributed by atoms with E-state index in [1.165, 1.54) is 11.3 Å². The first-order chi connectivity index (χ1) is 7.68. The molecule has 2 N–H and O–H groups in total. The number of nitrogens with zero attached hydrogens (tertiary/aromatic N) is 1. The van der Waals surface area contributed by atoms with Crippen LogP contribution < -0.4 is 10.6 Å². The van der Waals surface area contributed by atoms with E-state index in [9.17, 15) is 0 Å². The minimum atomic E-state index is 0.405. The van der Waals surface area contributed by atoms with E-state index < -0.39 is 0 Å². The van der Waals surface area contributed by atoms with Crippen molar-refractivity contribution in [3.8, 4) is 0 Å². The fourth-order valence-corrected chi connectivity index (χ4v) is 2.40. The van der Waals surface area contributed by atoms with Crippen LogP contribution in [-0.4, -0.2) is 19.1 Å². The smallest absolute Gasteiger partial charge is 0.0401 e. The Kier molecular flexibility index (Phi) is 3.49. The minimum Gasteiger partial charge on any atom is -0.371 e. The van der Waals surface area contributed by atoms with Crippen molar-refractivity contribution in [2.24, 2.45) is 5.73 Å². The van der Waals surface area contributed by atoms with E-state index in [-0.39, 0.29) is 0 Å². The monoisotopic (exact) mass is 218 g/mol. The van der Waals surface area contributed by atoms with Gasteiger partial charge in [0, 0.05) is 24.8 Å². The summed E-state index contributed by atoms with van der Waals surface area (Å²) in [5.74, 6) is 0.590. The van der Waals surface area contributed by atoms with Gasteiger partial charge in [0.25, 0.3) is 0 Å². The van der Waals surface area contributed by atoms with E-state index in [2.05, 4.69) is 43.0 Å². The second-order valence-electron chi connectivity index (χ2n) is 5.04. The molecule has 1 saturated heterocycles. The molecule has 0 saturated carbocycles. The predicted octanol–water partition coefficient (Wildman–Crippen LogP) is 2.74. The van der Waals surface area contributed by atoms with Gasteiger partial charge in [0.2, 0.25) is 0 Å². The summed E-state index contributed by atoms with van der Waals surface area (Å²) in [6, 6.07) is 9.16. The molecule has 1 aliphatic rings. The zero-order valence-electron chi connectivity index (χ0n) is 10.3. The maximum absolute atomic E-state index is 5.95. The van der Waals surface area contributed by atoms with Gasteiger partial charge in [-0.05, 0) is 30.4 Å². The summed E-state index contributed by atoms with van der Waals surface area (Å²) in [7, 11) is 0. The molecule has 2 rings (SSSR count). The van der Waals surface area contributed by atoms with Crippen LogP contribution in [0.5, 0.6) is 0 Å². The van der Waals surface area contributed by atoms with Crippen molar-refractivity contribution in [1.82, 2.24) is 0 Å². The van der Waals surface area contributed by atoms with Crippen LogP contribution >= 0.6 is 0 Å². The van der Waals surface area contributed by atoms with Crippen molar-refractivity contribution < 1.29 is 0 Å². The van der Waals surface area contributed by atoms with Gasteiger partial charge in [-0.25, -0.2) is 0 Å². The molecule has 0 aliphatic carbocycles. The van der Waals surface area contributed by atoms with Crippen LogP contribution in [0.3, 0.4) is 0 Å². The molecule has 0 unspecified atom stereocenters. The van der Waals surface area contributed by atoms with Gasteiger partial charge in [0.15, 0.2) is 0 Å². The Bertz CT molecular complexity index is 338. The molecule has 2 heteroatoms. The summed E-state index contributed by atoms with van der Waals surface area (Å²) in [4.78, 5) is 2.48. The number of benzene rings is 1. The van der Waals surface area contributed by atoms with Crippen molar-refractivity contribution in [3.05, 3.63) is 29.8 Å². The Labute approximate surface area is 98.4 Å². The van der Waals surface area contributed by atoms with Crippen molar-refractivity contribution in [1.29, 1.82) is 0 Å². The van der Waals surface area contributed by atoms with Gasteiger partial charge in [-0.2, -0.15) is 0 Å². The van der Waals surface area contributed by atoms with E-state index in [0.29, 0.717) is 12.0 Å². The Balaban J connectivity index is 2.19. The lowest BCUT2D eigenvalue weighted by molar-refractivity contribution is 0.500. The van der Waals surface area contributed by atoms with Crippen molar-refractivity contribution in [2.75, 3.05) is 18.0 Å². The van der Waals surface area contributed by atoms with E-state index in [1.54, 1.807) is 0 Å². The molecule has 1 heterocycles. The fourth-order valence-electron chi connectivity index (χ4n) is 2.40. The lowest BCUT2D eigenvalue weighted by Crippen LogP contribution is -2.40. The van der Waals surface area contributed by atoms with Gasteiger partial charge in [-0.15, -0.1) is 0 Å². The van der Waals surface area contributed by atoms with Gasteiger partial charge in [0.1, 0.15) is 0 Å². The summed E-state index contributed by atoms with van der Waals surface area (Å²) in [6.07, 6.45) is 2.23. The number of hydrogen-bond donors (Lipinski definition) is 1. The third kappa shape index (κ3) is 2.38. The van der Waals surface area contributed by atoms with E-state index in [4.69, 9.17) is 5.73 Å². The molecule has 16 heavy (non-hydrogen) atoms. The molecule has 0 bridgehead atoms. The average molecular weight is 218 g/mol. The number of piperidine rings is 1. The summed E-state index contributed by atoms with van der Waals surface area (Å²) in [5.41, 5.74) is 8.81. The van der Waals surface area contributed by atoms with Gasteiger partial charge >= 0.3 is 0 Å². The molecular weight excluding hydrogens is 196 g/mol. The summed E-state index contributed by atoms with van der Waals surface area (Å²) in [5, 5.41) is 0. The first kappa shape index (κ1) is 11.5. The molecule has 88 valence electrons. The molecule has 1 fully saturated rings. The minimum absolute atomic E-state index is 0.405. The Morgan fingerprint density at radius 2 is 1.81 bits per heavy atom. The highest BCUT2D eigenvalue weighted by Crippen LogP contribution is 2.29. The van der Waals surface area contributed by atoms with Crippen LogP contribution in [-0.2, 0) is 0 Å². The van der Waals surface area contributed by atoms with Crippen LogP contribution in [0.15, 0.2) is 24.3 Å². The molecule has 1 aromatic rings. The molecular formula is C14H22N2. The highest BCUT2D eigenvalue weighted by atomic mass is 15.1. The first-order valence-corrected chi connectivity index (χ1v) is 6.28. The van der Waals surface area contributed by atoms with Gasteiger partial charge in [0.05, 0.1) is 0 Å². The highest BCUT2D eigenvalue weighted by Gasteiger charge is 2.18. The quantitative estimate of drug-likeness (QED) is 0.827. The van der Waals surface area contributed by atoms with Crippen LogP contribution in [0, 0.1) is 0 Å². The number of hydrogen-bond acceptors (Lipinski definition) is 2. The van der Waals surface area contributed by atoms with E-state index in [0.717, 1.165) is 25.9 Å². The predicted molar refractivity (Wildman–Crippen MR) is 70.0 cm³/mol. The van der Waals surface area contributed by atoms with E-state index >= 15 is 0 Å². The van der Waals surface area contributed by atoms with Crippen molar-refractivity contribution in [2.45, 2.75) is 38.6 Å². The Hall–Kier alpha value is -1.02. The molecule has 1 aromatic carbocycles. The molecule has 0 aromatic heterocycles. The largest absolute Gasteiger partial charge is 0.371 e. The maximum atomic E-state index is 5.95. The van der Waals surface area contributed by atoms with E-state index in [1.807, 2.05) is 0 Å². The van der Waals surface area contributed by atoms with Crippen LogP contribution in [0.2, 0.25) is 0 Å². The lowest BCUT2D eigenvalue weighted by Gasteiger charge is -2.34. The van der Waals surface area contributed by atoms with Gasteiger partial charge in [-0.1, -0.05) is 32.0 Å². The molecule has 0 radical (unpaired) electrons. The van der Waals surface area contributed by atoms with Crippen LogP contribution in [0.25, 0.3) is 0 Å². The molecule has 2 nitrogen and oxygen atoms in total. The summed E-state index contributed by atoms with van der Waals surface area (Å²) in [6.45, 7) is 6.72. The maximum Gasteiger partial charge on any atom is 0.0401 e. The second kappa shape index (κ2) is 4.88. The van der Waals surface area contributed by atoms with Crippen LogP contribution in [0.1, 0.15) is 38.2 Å². The van der Waals surface area contributed by atoms with Crippen molar-refractivity contribution in [3.63, 3.8) is 0 Å². The second-order valence-corrected chi connectivity index (χ2v) is 5.04. The third-order valence-corrected chi connectivity index (χ3v) is 3.44. The van der Waals surface area contributed by atoms with Crippen LogP contribution in [0.4, 0.5) is 5.69 Å². The average Bonchev–Trinajstić information content (AvgIpc) is 2.30. The molecule has 0 atom stereocenters. The standard InChI is InChI=1S/C14H22N2/c1-11(2)13-5-3-4-6-14(13)16-9-7-12(15)8-10-16/h3-6,11-12H,7-10,15H2,1-2H3. The fraction of sp³-hybridized carbons (Fsp3) is 0.571. The zero-order valence-corrected chi connectivity index (χ0v) is 10.3. The topological polar surface area (TPSA) is 29.3 Å². The zero-order chi connectivity index (χ0) is 11.5. The third-order valence-electron chi connectivity index (χ3n) is 3.44.